The summed E-state index contributed by atoms with van der Waals surface area (Å²) in [6, 6.07) is 9.86. The number of hydrogen-bond donors (Lipinski definition) is 2. The van der Waals surface area contributed by atoms with Crippen molar-refractivity contribution in [3.63, 3.8) is 0 Å². The zero-order valence-electron chi connectivity index (χ0n) is 18.6. The first kappa shape index (κ1) is 22.9. The second-order valence-corrected chi connectivity index (χ2v) is 9.80. The number of halogens is 2. The van der Waals surface area contributed by atoms with Gasteiger partial charge in [-0.15, -0.1) is 0 Å². The molecule has 0 spiro atoms. The Morgan fingerprint density at radius 2 is 2.21 bits per heavy atom. The van der Waals surface area contributed by atoms with E-state index in [2.05, 4.69) is 35.6 Å². The van der Waals surface area contributed by atoms with E-state index in [9.17, 15) is 4.39 Å². The van der Waals surface area contributed by atoms with Crippen molar-refractivity contribution in [3.05, 3.63) is 59.8 Å². The quantitative estimate of drug-likeness (QED) is 0.318. The molecule has 1 fully saturated rings. The lowest BCUT2D eigenvalue weighted by atomic mass is 10.00. The molecule has 1 aliphatic heterocycles. The molecular formula is C24H24ClFN6OS. The van der Waals surface area contributed by atoms with Crippen molar-refractivity contribution in [1.82, 2.24) is 24.2 Å². The summed E-state index contributed by atoms with van der Waals surface area (Å²) in [6.45, 7) is 2.55. The van der Waals surface area contributed by atoms with Gasteiger partial charge in [0.15, 0.2) is 17.5 Å². The van der Waals surface area contributed by atoms with Crippen LogP contribution in [0.25, 0.3) is 22.4 Å². The molecule has 4 heterocycles. The highest BCUT2D eigenvalue weighted by Crippen LogP contribution is 2.31. The Kier molecular flexibility index (Phi) is 6.85. The number of pyridine rings is 1. The van der Waals surface area contributed by atoms with Gasteiger partial charge in [0.25, 0.3) is 0 Å². The molecule has 0 aliphatic carbocycles. The Labute approximate surface area is 206 Å². The maximum atomic E-state index is 14.5. The van der Waals surface area contributed by atoms with Gasteiger partial charge in [0.05, 0.1) is 18.3 Å². The van der Waals surface area contributed by atoms with Gasteiger partial charge < -0.3 is 15.0 Å². The average Bonchev–Trinajstić information content (AvgIpc) is 3.27. The first-order valence-electron chi connectivity index (χ1n) is 11.1. The van der Waals surface area contributed by atoms with Crippen LogP contribution < -0.4 is 10.1 Å². The summed E-state index contributed by atoms with van der Waals surface area (Å²) < 4.78 is 22.2. The van der Waals surface area contributed by atoms with Crippen LogP contribution in [0.1, 0.15) is 12.8 Å². The smallest absolute Gasteiger partial charge is 0.183 e. The first-order chi connectivity index (χ1) is 16.6. The SMILES string of the molecule is COc1cccc(SN2CCC[C@H](CNc3nc(-c4c[nH]c5ncc(Cl)cc45)ncc3F)C2)c1. The molecule has 1 atom stereocenters. The molecule has 0 radical (unpaired) electrons. The Morgan fingerprint density at radius 3 is 3.09 bits per heavy atom. The van der Waals surface area contributed by atoms with Crippen molar-refractivity contribution in [2.45, 2.75) is 17.7 Å². The number of fused-ring (bicyclic) bond motifs is 1. The first-order valence-corrected chi connectivity index (χ1v) is 12.2. The molecule has 2 N–H and O–H groups in total. The second kappa shape index (κ2) is 10.2. The molecule has 0 bridgehead atoms. The number of nitrogens with one attached hydrogen (secondary N) is 2. The molecule has 3 aromatic heterocycles. The van der Waals surface area contributed by atoms with Crippen LogP contribution in [0, 0.1) is 11.7 Å². The number of aromatic nitrogens is 4. The highest BCUT2D eigenvalue weighted by Gasteiger charge is 2.22. The van der Waals surface area contributed by atoms with Crippen LogP contribution in [0.4, 0.5) is 10.2 Å². The van der Waals surface area contributed by atoms with Crippen LogP contribution in [-0.4, -0.2) is 51.0 Å². The highest BCUT2D eigenvalue weighted by atomic mass is 35.5. The fourth-order valence-corrected chi connectivity index (χ4v) is 5.38. The largest absolute Gasteiger partial charge is 0.497 e. The average molecular weight is 499 g/mol. The summed E-state index contributed by atoms with van der Waals surface area (Å²) in [7, 11) is 1.68. The van der Waals surface area contributed by atoms with Gasteiger partial charge in [-0.25, -0.2) is 23.6 Å². The standard InChI is InChI=1S/C24H24ClFN6OS/c1-33-17-5-2-6-18(9-17)34-32-7-3-4-15(14-32)10-27-24-21(26)13-30-23(31-24)20-12-29-22-19(20)8-16(25)11-28-22/h2,5-6,8-9,11-13,15H,3-4,7,10,14H2,1H3,(H,28,29)(H,27,30,31)/t15-/m1/s1. The van der Waals surface area contributed by atoms with E-state index >= 15 is 0 Å². The van der Waals surface area contributed by atoms with E-state index in [1.807, 2.05) is 18.2 Å². The summed E-state index contributed by atoms with van der Waals surface area (Å²) in [5, 5.41) is 4.52. The summed E-state index contributed by atoms with van der Waals surface area (Å²) >= 11 is 7.83. The predicted octanol–water partition coefficient (Wildman–Crippen LogP) is 5.65. The highest BCUT2D eigenvalue weighted by molar-refractivity contribution is 7.97. The minimum atomic E-state index is -0.474. The zero-order valence-corrected chi connectivity index (χ0v) is 20.2. The van der Waals surface area contributed by atoms with E-state index in [0.29, 0.717) is 29.0 Å². The van der Waals surface area contributed by atoms with Crippen LogP contribution in [-0.2, 0) is 0 Å². The number of hydrogen-bond acceptors (Lipinski definition) is 7. The van der Waals surface area contributed by atoms with Gasteiger partial charge in [-0.1, -0.05) is 17.7 Å². The normalized spacial score (nSPS) is 16.6. The van der Waals surface area contributed by atoms with Crippen LogP contribution in [0.3, 0.4) is 0 Å². The molecule has 0 amide bonds. The minimum absolute atomic E-state index is 0.201. The molecule has 0 saturated carbocycles. The Balaban J connectivity index is 1.26. The number of piperidine rings is 1. The lowest BCUT2D eigenvalue weighted by Gasteiger charge is -2.32. The van der Waals surface area contributed by atoms with Crippen molar-refractivity contribution in [3.8, 4) is 17.1 Å². The molecule has 1 aliphatic rings. The van der Waals surface area contributed by atoms with Crippen molar-refractivity contribution >= 4 is 40.4 Å². The van der Waals surface area contributed by atoms with Crippen LogP contribution in [0.15, 0.2) is 53.8 Å². The van der Waals surface area contributed by atoms with Gasteiger partial charge in [-0.2, -0.15) is 0 Å². The Bertz CT molecular complexity index is 1300. The predicted molar refractivity (Wildman–Crippen MR) is 134 cm³/mol. The molecule has 34 heavy (non-hydrogen) atoms. The molecule has 0 unspecified atom stereocenters. The van der Waals surface area contributed by atoms with Gasteiger partial charge in [0.2, 0.25) is 0 Å². The topological polar surface area (TPSA) is 79.0 Å². The second-order valence-electron chi connectivity index (χ2n) is 8.19. The maximum absolute atomic E-state index is 14.5. The van der Waals surface area contributed by atoms with E-state index in [1.54, 1.807) is 37.5 Å². The third-order valence-electron chi connectivity index (χ3n) is 5.80. The summed E-state index contributed by atoms with van der Waals surface area (Å²) in [5.41, 5.74) is 1.41. The number of anilines is 1. The van der Waals surface area contributed by atoms with Crippen molar-refractivity contribution in [1.29, 1.82) is 0 Å². The summed E-state index contributed by atoms with van der Waals surface area (Å²) in [5.74, 6) is 1.37. The molecule has 1 saturated heterocycles. The third-order valence-corrected chi connectivity index (χ3v) is 7.06. The van der Waals surface area contributed by atoms with Gasteiger partial charge in [-0.05, 0) is 55.0 Å². The van der Waals surface area contributed by atoms with Gasteiger partial charge in [0.1, 0.15) is 11.4 Å². The van der Waals surface area contributed by atoms with E-state index in [1.165, 1.54) is 6.20 Å². The van der Waals surface area contributed by atoms with Crippen molar-refractivity contribution in [2.24, 2.45) is 5.92 Å². The lowest BCUT2D eigenvalue weighted by molar-refractivity contribution is 0.295. The van der Waals surface area contributed by atoms with E-state index < -0.39 is 5.82 Å². The number of rotatable bonds is 7. The lowest BCUT2D eigenvalue weighted by Crippen LogP contribution is -2.34. The molecule has 7 nitrogen and oxygen atoms in total. The van der Waals surface area contributed by atoms with Crippen LogP contribution in [0.5, 0.6) is 5.75 Å². The number of methoxy groups -OCH3 is 1. The fraction of sp³-hybridized carbons (Fsp3) is 0.292. The Morgan fingerprint density at radius 1 is 1.29 bits per heavy atom. The molecule has 1 aromatic carbocycles. The number of H-pyrrole nitrogens is 1. The monoisotopic (exact) mass is 498 g/mol. The minimum Gasteiger partial charge on any atom is -0.497 e. The molecular weight excluding hydrogens is 475 g/mol. The number of aromatic amines is 1. The van der Waals surface area contributed by atoms with Gasteiger partial charge >= 0.3 is 0 Å². The van der Waals surface area contributed by atoms with E-state index in [-0.39, 0.29) is 5.82 Å². The number of ether oxygens (including phenoxy) is 1. The molecule has 5 rings (SSSR count). The van der Waals surface area contributed by atoms with Gasteiger partial charge in [-0.3, -0.25) is 0 Å². The maximum Gasteiger partial charge on any atom is 0.183 e. The van der Waals surface area contributed by atoms with E-state index in [4.69, 9.17) is 16.3 Å². The van der Waals surface area contributed by atoms with Crippen LogP contribution in [0.2, 0.25) is 5.02 Å². The fourth-order valence-electron chi connectivity index (χ4n) is 4.11. The van der Waals surface area contributed by atoms with Crippen molar-refractivity contribution < 1.29 is 9.13 Å². The number of nitrogens with zero attached hydrogens (tertiary/aromatic N) is 4. The summed E-state index contributed by atoms with van der Waals surface area (Å²) in [4.78, 5) is 17.1. The van der Waals surface area contributed by atoms with Crippen molar-refractivity contribution in [2.75, 3.05) is 32.1 Å². The Hall–Kier alpha value is -2.88. The number of benzene rings is 1. The van der Waals surface area contributed by atoms with Crippen LogP contribution >= 0.6 is 23.5 Å². The van der Waals surface area contributed by atoms with Gasteiger partial charge in [0, 0.05) is 47.9 Å². The summed E-state index contributed by atoms with van der Waals surface area (Å²) in [6.07, 6.45) is 6.70. The zero-order chi connectivity index (χ0) is 23.5. The molecule has 10 heteroatoms. The van der Waals surface area contributed by atoms with E-state index in [0.717, 1.165) is 47.5 Å². The molecule has 4 aromatic rings. The third kappa shape index (κ3) is 5.11. The molecule has 176 valence electrons.